The lowest BCUT2D eigenvalue weighted by atomic mass is 9.88. The van der Waals surface area contributed by atoms with E-state index in [9.17, 15) is 4.79 Å². The lowest BCUT2D eigenvalue weighted by Gasteiger charge is -2.20. The van der Waals surface area contributed by atoms with Gasteiger partial charge in [-0.05, 0) is 60.5 Å². The number of amides is 1. The summed E-state index contributed by atoms with van der Waals surface area (Å²) >= 11 is 1.66. The quantitative estimate of drug-likeness (QED) is 0.768. The maximum Gasteiger partial charge on any atom is 0.220 e. The van der Waals surface area contributed by atoms with Crippen LogP contribution in [0.25, 0.3) is 0 Å². The van der Waals surface area contributed by atoms with Crippen LogP contribution in [-0.4, -0.2) is 12.5 Å². The molecular weight excluding hydrogens is 256 g/mol. The van der Waals surface area contributed by atoms with Crippen molar-refractivity contribution in [2.75, 3.05) is 6.54 Å². The lowest BCUT2D eigenvalue weighted by Crippen LogP contribution is -2.27. The summed E-state index contributed by atoms with van der Waals surface area (Å²) in [5.74, 6) is 1.28. The van der Waals surface area contributed by atoms with Gasteiger partial charge in [0, 0.05) is 6.42 Å². The van der Waals surface area contributed by atoms with E-state index in [0.717, 1.165) is 12.8 Å². The van der Waals surface area contributed by atoms with Crippen LogP contribution in [-0.2, 0) is 4.79 Å². The Labute approximate surface area is 120 Å². The number of rotatable bonds is 8. The van der Waals surface area contributed by atoms with E-state index in [4.69, 9.17) is 5.73 Å². The molecule has 0 radical (unpaired) electrons. The zero-order valence-electron chi connectivity index (χ0n) is 12.2. The number of thiophene rings is 1. The van der Waals surface area contributed by atoms with E-state index in [2.05, 4.69) is 30.6 Å². The van der Waals surface area contributed by atoms with Crippen LogP contribution in [0.2, 0.25) is 0 Å². The second kappa shape index (κ2) is 8.33. The number of hydrogen-bond acceptors (Lipinski definition) is 3. The molecule has 0 saturated heterocycles. The Kier molecular flexibility index (Phi) is 7.10. The van der Waals surface area contributed by atoms with Gasteiger partial charge in [-0.3, -0.25) is 4.79 Å². The third-order valence-corrected chi connectivity index (χ3v) is 4.34. The smallest absolute Gasteiger partial charge is 0.220 e. The van der Waals surface area contributed by atoms with Crippen LogP contribution in [0, 0.1) is 11.8 Å². The minimum Gasteiger partial charge on any atom is -0.350 e. The molecule has 0 fully saturated rings. The molecule has 1 heterocycles. The molecule has 1 amide bonds. The van der Waals surface area contributed by atoms with Crippen molar-refractivity contribution in [2.24, 2.45) is 17.6 Å². The number of nitrogens with two attached hydrogens (primary N) is 1. The monoisotopic (exact) mass is 282 g/mol. The molecule has 4 heteroatoms. The normalized spacial score (nSPS) is 14.4. The van der Waals surface area contributed by atoms with Gasteiger partial charge in [0.05, 0.1) is 6.04 Å². The molecule has 19 heavy (non-hydrogen) atoms. The SMILES string of the molecule is CC(NC(=O)CCC(CCN)C(C)C)c1ccsc1. The molecule has 0 aliphatic rings. The van der Waals surface area contributed by atoms with Crippen LogP contribution in [0.15, 0.2) is 16.8 Å². The Balaban J connectivity index is 2.34. The van der Waals surface area contributed by atoms with E-state index >= 15 is 0 Å². The minimum atomic E-state index is 0.103. The molecule has 0 spiro atoms. The average molecular weight is 282 g/mol. The average Bonchev–Trinajstić information content (AvgIpc) is 2.87. The molecule has 3 N–H and O–H groups in total. The van der Waals surface area contributed by atoms with Crippen LogP contribution >= 0.6 is 11.3 Å². The molecule has 1 aromatic heterocycles. The molecule has 3 nitrogen and oxygen atoms in total. The Bertz CT molecular complexity index is 362. The van der Waals surface area contributed by atoms with Gasteiger partial charge >= 0.3 is 0 Å². The maximum atomic E-state index is 11.9. The van der Waals surface area contributed by atoms with Gasteiger partial charge in [0.1, 0.15) is 0 Å². The molecule has 2 unspecified atom stereocenters. The van der Waals surface area contributed by atoms with Crippen molar-refractivity contribution < 1.29 is 4.79 Å². The highest BCUT2D eigenvalue weighted by Gasteiger charge is 2.15. The zero-order chi connectivity index (χ0) is 14.3. The largest absolute Gasteiger partial charge is 0.350 e. The molecule has 0 saturated carbocycles. The van der Waals surface area contributed by atoms with Gasteiger partial charge in [-0.25, -0.2) is 0 Å². The van der Waals surface area contributed by atoms with Crippen LogP contribution in [0.5, 0.6) is 0 Å². The van der Waals surface area contributed by atoms with E-state index < -0.39 is 0 Å². The van der Waals surface area contributed by atoms with E-state index in [1.165, 1.54) is 5.56 Å². The van der Waals surface area contributed by atoms with Crippen LogP contribution in [0.1, 0.15) is 51.6 Å². The second-order valence-corrected chi connectivity index (χ2v) is 6.25. The van der Waals surface area contributed by atoms with E-state index in [0.29, 0.717) is 24.8 Å². The molecule has 108 valence electrons. The number of carbonyl (C=O) groups is 1. The molecule has 1 rings (SSSR count). The Hall–Kier alpha value is -0.870. The summed E-state index contributed by atoms with van der Waals surface area (Å²) < 4.78 is 0. The lowest BCUT2D eigenvalue weighted by molar-refractivity contribution is -0.122. The van der Waals surface area contributed by atoms with E-state index in [1.54, 1.807) is 11.3 Å². The third kappa shape index (κ3) is 5.74. The van der Waals surface area contributed by atoms with Gasteiger partial charge in [0.2, 0.25) is 5.91 Å². The number of hydrogen-bond donors (Lipinski definition) is 2. The van der Waals surface area contributed by atoms with Crippen molar-refractivity contribution in [2.45, 2.75) is 46.1 Å². The van der Waals surface area contributed by atoms with Crippen molar-refractivity contribution in [1.82, 2.24) is 5.32 Å². The van der Waals surface area contributed by atoms with Crippen molar-refractivity contribution in [3.8, 4) is 0 Å². The minimum absolute atomic E-state index is 0.103. The fourth-order valence-corrected chi connectivity index (χ4v) is 3.01. The fraction of sp³-hybridized carbons (Fsp3) is 0.667. The summed E-state index contributed by atoms with van der Waals surface area (Å²) in [6.07, 6.45) is 2.53. The highest BCUT2D eigenvalue weighted by Crippen LogP contribution is 2.21. The summed E-state index contributed by atoms with van der Waals surface area (Å²) in [5.41, 5.74) is 6.80. The summed E-state index contributed by atoms with van der Waals surface area (Å²) in [6, 6.07) is 2.16. The first-order valence-electron chi connectivity index (χ1n) is 7.06. The summed E-state index contributed by atoms with van der Waals surface area (Å²) in [5, 5.41) is 7.17. The summed E-state index contributed by atoms with van der Waals surface area (Å²) in [7, 11) is 0. The first-order valence-corrected chi connectivity index (χ1v) is 8.00. The second-order valence-electron chi connectivity index (χ2n) is 5.47. The first-order chi connectivity index (χ1) is 9.04. The molecule has 1 aromatic rings. The Morgan fingerprint density at radius 3 is 2.63 bits per heavy atom. The van der Waals surface area contributed by atoms with Gasteiger partial charge in [0.15, 0.2) is 0 Å². The molecule has 0 aliphatic heterocycles. The van der Waals surface area contributed by atoms with Gasteiger partial charge in [-0.2, -0.15) is 11.3 Å². The predicted molar refractivity (Wildman–Crippen MR) is 82.1 cm³/mol. The van der Waals surface area contributed by atoms with Crippen LogP contribution in [0.3, 0.4) is 0 Å². The van der Waals surface area contributed by atoms with Gasteiger partial charge < -0.3 is 11.1 Å². The van der Waals surface area contributed by atoms with E-state index in [1.807, 2.05) is 12.3 Å². The third-order valence-electron chi connectivity index (χ3n) is 3.64. The van der Waals surface area contributed by atoms with Crippen LogP contribution < -0.4 is 11.1 Å². The molecule has 2 atom stereocenters. The van der Waals surface area contributed by atoms with Crippen LogP contribution in [0.4, 0.5) is 0 Å². The predicted octanol–water partition coefficient (Wildman–Crippen LogP) is 3.33. The van der Waals surface area contributed by atoms with Crippen molar-refractivity contribution in [3.63, 3.8) is 0 Å². The molecule has 0 aromatic carbocycles. The van der Waals surface area contributed by atoms with Crippen molar-refractivity contribution in [1.29, 1.82) is 0 Å². The highest BCUT2D eigenvalue weighted by molar-refractivity contribution is 7.07. The topological polar surface area (TPSA) is 55.1 Å². The molecule has 0 aliphatic carbocycles. The van der Waals surface area contributed by atoms with Gasteiger partial charge in [-0.1, -0.05) is 13.8 Å². The maximum absolute atomic E-state index is 11.9. The zero-order valence-corrected chi connectivity index (χ0v) is 13.0. The number of carbonyl (C=O) groups excluding carboxylic acids is 1. The number of nitrogens with one attached hydrogen (secondary N) is 1. The van der Waals surface area contributed by atoms with E-state index in [-0.39, 0.29) is 11.9 Å². The first kappa shape index (κ1) is 16.2. The fourth-order valence-electron chi connectivity index (χ4n) is 2.26. The molecular formula is C15H26N2OS. The molecule has 0 bridgehead atoms. The van der Waals surface area contributed by atoms with Gasteiger partial charge in [0.25, 0.3) is 0 Å². The Morgan fingerprint density at radius 1 is 1.37 bits per heavy atom. The summed E-state index contributed by atoms with van der Waals surface area (Å²) in [6.45, 7) is 7.13. The highest BCUT2D eigenvalue weighted by atomic mass is 32.1. The summed E-state index contributed by atoms with van der Waals surface area (Å²) in [4.78, 5) is 11.9. The Morgan fingerprint density at radius 2 is 2.11 bits per heavy atom. The van der Waals surface area contributed by atoms with Crippen molar-refractivity contribution >= 4 is 17.2 Å². The van der Waals surface area contributed by atoms with Crippen molar-refractivity contribution in [3.05, 3.63) is 22.4 Å². The standard InChI is InChI=1S/C15H26N2OS/c1-11(2)13(6-8-16)4-5-15(18)17-12(3)14-7-9-19-10-14/h7,9-13H,4-6,8,16H2,1-3H3,(H,17,18). The van der Waals surface area contributed by atoms with Gasteiger partial charge in [-0.15, -0.1) is 0 Å².